The molecule has 0 spiro atoms. The summed E-state index contributed by atoms with van der Waals surface area (Å²) < 4.78 is 30.8. The second-order valence-electron chi connectivity index (χ2n) is 6.29. The summed E-state index contributed by atoms with van der Waals surface area (Å²) in [6, 6.07) is 0. The zero-order chi connectivity index (χ0) is 18.8. The number of piperazine rings is 1. The molecule has 142 valence electrons. The molecule has 0 saturated carbocycles. The zero-order valence-electron chi connectivity index (χ0n) is 14.6. The maximum Gasteiger partial charge on any atom is 0.287 e. The number of aromatic nitrogens is 3. The van der Waals surface area contributed by atoms with Gasteiger partial charge in [0.15, 0.2) is 0 Å². The number of hydrogen-bond acceptors (Lipinski definition) is 6. The Hall–Kier alpha value is -2.00. The quantitative estimate of drug-likeness (QED) is 0.782. The SMILES string of the molecule is Cc1noc(C)c1CN1CCN(c2cnn(CC(F)F)c(=O)c2Cl)CC1. The Bertz CT molecular complexity index is 811. The van der Waals surface area contributed by atoms with Gasteiger partial charge in [0.25, 0.3) is 12.0 Å². The van der Waals surface area contributed by atoms with Gasteiger partial charge in [-0.1, -0.05) is 16.8 Å². The summed E-state index contributed by atoms with van der Waals surface area (Å²) in [6.45, 7) is 6.64. The summed E-state index contributed by atoms with van der Waals surface area (Å²) in [4.78, 5) is 16.3. The topological polar surface area (TPSA) is 67.4 Å². The molecule has 1 aliphatic heterocycles. The molecule has 0 unspecified atom stereocenters. The third-order valence-corrected chi connectivity index (χ3v) is 4.91. The van der Waals surface area contributed by atoms with E-state index in [1.807, 2.05) is 18.7 Å². The number of nitrogens with zero attached hydrogens (tertiary/aromatic N) is 5. The molecule has 1 fully saturated rings. The number of rotatable bonds is 5. The van der Waals surface area contributed by atoms with Gasteiger partial charge in [-0.3, -0.25) is 9.69 Å². The van der Waals surface area contributed by atoms with Crippen molar-refractivity contribution in [1.29, 1.82) is 0 Å². The maximum atomic E-state index is 12.5. The fourth-order valence-electron chi connectivity index (χ4n) is 3.04. The lowest BCUT2D eigenvalue weighted by atomic mass is 10.1. The molecule has 0 atom stereocenters. The van der Waals surface area contributed by atoms with E-state index in [1.54, 1.807) is 0 Å². The Morgan fingerprint density at radius 2 is 1.96 bits per heavy atom. The Kier molecular flexibility index (Phi) is 5.57. The van der Waals surface area contributed by atoms with Crippen molar-refractivity contribution < 1.29 is 13.3 Å². The second-order valence-corrected chi connectivity index (χ2v) is 6.67. The number of alkyl halides is 2. The Labute approximate surface area is 154 Å². The third kappa shape index (κ3) is 3.88. The Morgan fingerprint density at radius 1 is 1.27 bits per heavy atom. The van der Waals surface area contributed by atoms with Gasteiger partial charge in [-0.15, -0.1) is 0 Å². The Morgan fingerprint density at radius 3 is 2.54 bits per heavy atom. The largest absolute Gasteiger partial charge is 0.366 e. The minimum Gasteiger partial charge on any atom is -0.366 e. The van der Waals surface area contributed by atoms with Crippen molar-refractivity contribution in [2.24, 2.45) is 0 Å². The molecule has 0 amide bonds. The van der Waals surface area contributed by atoms with Gasteiger partial charge >= 0.3 is 0 Å². The summed E-state index contributed by atoms with van der Waals surface area (Å²) in [5.41, 5.74) is 1.77. The van der Waals surface area contributed by atoms with Crippen molar-refractivity contribution in [3.63, 3.8) is 0 Å². The normalized spacial score (nSPS) is 15.8. The van der Waals surface area contributed by atoms with Crippen LogP contribution in [-0.4, -0.2) is 52.4 Å². The molecule has 0 N–H and O–H groups in total. The third-order valence-electron chi connectivity index (χ3n) is 4.55. The van der Waals surface area contributed by atoms with Gasteiger partial charge in [-0.05, 0) is 13.8 Å². The summed E-state index contributed by atoms with van der Waals surface area (Å²) in [5, 5.41) is 7.72. The van der Waals surface area contributed by atoms with E-state index in [2.05, 4.69) is 15.2 Å². The molecule has 2 aromatic heterocycles. The number of anilines is 1. The average Bonchev–Trinajstić information content (AvgIpc) is 2.92. The molecule has 7 nitrogen and oxygen atoms in total. The van der Waals surface area contributed by atoms with E-state index in [0.717, 1.165) is 36.7 Å². The number of halogens is 3. The molecular weight excluding hydrogens is 368 g/mol. The molecule has 0 aliphatic carbocycles. The van der Waals surface area contributed by atoms with Crippen LogP contribution >= 0.6 is 11.6 Å². The van der Waals surface area contributed by atoms with Gasteiger partial charge in [0.2, 0.25) is 0 Å². The summed E-state index contributed by atoms with van der Waals surface area (Å²) in [7, 11) is 0. The lowest BCUT2D eigenvalue weighted by Gasteiger charge is -2.36. The predicted molar refractivity (Wildman–Crippen MR) is 93.0 cm³/mol. The first-order valence-corrected chi connectivity index (χ1v) is 8.67. The highest BCUT2D eigenvalue weighted by Gasteiger charge is 2.23. The monoisotopic (exact) mass is 387 g/mol. The van der Waals surface area contributed by atoms with Crippen LogP contribution in [0.4, 0.5) is 14.5 Å². The minimum atomic E-state index is -2.66. The van der Waals surface area contributed by atoms with Crippen LogP contribution in [0, 0.1) is 13.8 Å². The van der Waals surface area contributed by atoms with Crippen LogP contribution in [0.15, 0.2) is 15.5 Å². The van der Waals surface area contributed by atoms with Crippen LogP contribution < -0.4 is 10.5 Å². The second kappa shape index (κ2) is 7.71. The highest BCUT2D eigenvalue weighted by Crippen LogP contribution is 2.23. The smallest absolute Gasteiger partial charge is 0.287 e. The molecule has 10 heteroatoms. The number of aryl methyl sites for hydroxylation is 2. The standard InChI is InChI=1S/C16H20ClF2N5O2/c1-10-12(11(2)26-21-10)8-22-3-5-23(6-4-22)13-7-20-24(9-14(18)19)16(25)15(13)17/h7,14H,3-6,8-9H2,1-2H3. The van der Waals surface area contributed by atoms with E-state index in [1.165, 1.54) is 6.20 Å². The molecule has 3 heterocycles. The van der Waals surface area contributed by atoms with Crippen molar-refractivity contribution in [3.8, 4) is 0 Å². The van der Waals surface area contributed by atoms with Crippen molar-refractivity contribution in [1.82, 2.24) is 19.8 Å². The molecule has 3 rings (SSSR count). The van der Waals surface area contributed by atoms with E-state index < -0.39 is 18.5 Å². The fourth-order valence-corrected chi connectivity index (χ4v) is 3.30. The average molecular weight is 388 g/mol. The molecule has 26 heavy (non-hydrogen) atoms. The van der Waals surface area contributed by atoms with Crippen LogP contribution in [0.3, 0.4) is 0 Å². The van der Waals surface area contributed by atoms with Gasteiger partial charge in [-0.25, -0.2) is 13.5 Å². The first-order chi connectivity index (χ1) is 12.4. The lowest BCUT2D eigenvalue weighted by molar-refractivity contribution is 0.119. The van der Waals surface area contributed by atoms with Crippen LogP contribution in [0.2, 0.25) is 5.02 Å². The number of hydrogen-bond donors (Lipinski definition) is 0. The maximum absolute atomic E-state index is 12.5. The van der Waals surface area contributed by atoms with Gasteiger partial charge < -0.3 is 9.42 Å². The van der Waals surface area contributed by atoms with E-state index in [-0.39, 0.29) is 5.02 Å². The highest BCUT2D eigenvalue weighted by molar-refractivity contribution is 6.33. The summed E-state index contributed by atoms with van der Waals surface area (Å²) in [5.74, 6) is 0.819. The first kappa shape index (κ1) is 18.8. The van der Waals surface area contributed by atoms with Gasteiger partial charge in [0, 0.05) is 38.3 Å². The van der Waals surface area contributed by atoms with Gasteiger partial charge in [0.1, 0.15) is 17.3 Å². The fraction of sp³-hybridized carbons (Fsp3) is 0.562. The van der Waals surface area contributed by atoms with Crippen molar-refractivity contribution in [2.45, 2.75) is 33.4 Å². The molecule has 0 aromatic carbocycles. The van der Waals surface area contributed by atoms with Crippen LogP contribution in [0.5, 0.6) is 0 Å². The van der Waals surface area contributed by atoms with Crippen molar-refractivity contribution >= 4 is 17.3 Å². The molecular formula is C16H20ClF2N5O2. The molecule has 1 aliphatic rings. The Balaban J connectivity index is 1.66. The summed E-state index contributed by atoms with van der Waals surface area (Å²) >= 11 is 6.11. The predicted octanol–water partition coefficient (Wildman–Crippen LogP) is 2.09. The van der Waals surface area contributed by atoms with Gasteiger partial charge in [0.05, 0.1) is 17.6 Å². The van der Waals surface area contributed by atoms with Crippen LogP contribution in [-0.2, 0) is 13.1 Å². The zero-order valence-corrected chi connectivity index (χ0v) is 15.3. The van der Waals surface area contributed by atoms with Crippen LogP contribution in [0.1, 0.15) is 17.0 Å². The minimum absolute atomic E-state index is 0.0696. The van der Waals surface area contributed by atoms with E-state index in [4.69, 9.17) is 16.1 Å². The lowest BCUT2D eigenvalue weighted by Crippen LogP contribution is -2.46. The van der Waals surface area contributed by atoms with E-state index in [0.29, 0.717) is 23.5 Å². The highest BCUT2D eigenvalue weighted by atomic mass is 35.5. The van der Waals surface area contributed by atoms with Crippen LogP contribution in [0.25, 0.3) is 0 Å². The van der Waals surface area contributed by atoms with E-state index >= 15 is 0 Å². The molecule has 0 bridgehead atoms. The van der Waals surface area contributed by atoms with Crippen molar-refractivity contribution in [3.05, 3.63) is 38.6 Å². The molecule has 0 radical (unpaired) electrons. The van der Waals surface area contributed by atoms with Crippen molar-refractivity contribution in [2.75, 3.05) is 31.1 Å². The molecule has 1 saturated heterocycles. The van der Waals surface area contributed by atoms with Gasteiger partial charge in [-0.2, -0.15) is 5.10 Å². The first-order valence-electron chi connectivity index (χ1n) is 8.29. The molecule has 2 aromatic rings. The van der Waals surface area contributed by atoms with E-state index in [9.17, 15) is 13.6 Å². The summed E-state index contributed by atoms with van der Waals surface area (Å²) in [6.07, 6.45) is -1.27.